The van der Waals surface area contributed by atoms with Gasteiger partial charge in [-0.15, -0.1) is 0 Å². The maximum Gasteiger partial charge on any atom is 0.302 e. The fraction of sp³-hybridized carbons (Fsp3) is 0.870. The second-order valence-corrected chi connectivity index (χ2v) is 9.38. The van der Waals surface area contributed by atoms with Gasteiger partial charge in [0.05, 0.1) is 6.61 Å². The van der Waals surface area contributed by atoms with Crippen LogP contribution in [0.5, 0.6) is 0 Å². The SMILES string of the molecule is CC(=O)OCCCCCCCCC(C=O)CC1CC(C(C)(C)C)CCC1=O. The van der Waals surface area contributed by atoms with E-state index in [9.17, 15) is 14.4 Å². The number of rotatable bonds is 12. The summed E-state index contributed by atoms with van der Waals surface area (Å²) >= 11 is 0. The molecule has 27 heavy (non-hydrogen) atoms. The molecule has 0 spiro atoms. The predicted octanol–water partition coefficient (Wildman–Crippen LogP) is 5.52. The van der Waals surface area contributed by atoms with Crippen LogP contribution in [0.3, 0.4) is 0 Å². The Balaban J connectivity index is 2.21. The van der Waals surface area contributed by atoms with Crippen LogP contribution in [0.25, 0.3) is 0 Å². The summed E-state index contributed by atoms with van der Waals surface area (Å²) in [5.74, 6) is 0.857. The van der Waals surface area contributed by atoms with Crippen LogP contribution in [0.15, 0.2) is 0 Å². The molecule has 0 aromatic rings. The van der Waals surface area contributed by atoms with Crippen molar-refractivity contribution in [3.63, 3.8) is 0 Å². The third-order valence-electron chi connectivity index (χ3n) is 6.04. The molecule has 156 valence electrons. The van der Waals surface area contributed by atoms with Crippen LogP contribution in [-0.4, -0.2) is 24.6 Å². The standard InChI is InChI=1S/C23H40O4/c1-18(25)27-14-10-8-6-5-7-9-11-19(17-24)15-20-16-21(23(2,3)4)12-13-22(20)26/h17,19-21H,5-16H2,1-4H3. The molecule has 0 aromatic heterocycles. The van der Waals surface area contributed by atoms with Gasteiger partial charge in [-0.1, -0.05) is 52.9 Å². The molecule has 0 aromatic carbocycles. The molecule has 0 heterocycles. The zero-order valence-electron chi connectivity index (χ0n) is 17.9. The Labute approximate surface area is 165 Å². The van der Waals surface area contributed by atoms with Gasteiger partial charge in [0.2, 0.25) is 0 Å². The summed E-state index contributed by atoms with van der Waals surface area (Å²) in [6.45, 7) is 8.73. The van der Waals surface area contributed by atoms with Gasteiger partial charge in [0.15, 0.2) is 0 Å². The summed E-state index contributed by atoms with van der Waals surface area (Å²) in [6.07, 6.45) is 11.8. The highest BCUT2D eigenvalue weighted by Gasteiger charge is 2.35. The Hall–Kier alpha value is -1.19. The van der Waals surface area contributed by atoms with Gasteiger partial charge in [-0.2, -0.15) is 0 Å². The molecule has 1 rings (SSSR count). The largest absolute Gasteiger partial charge is 0.466 e. The summed E-state index contributed by atoms with van der Waals surface area (Å²) in [4.78, 5) is 34.5. The van der Waals surface area contributed by atoms with Gasteiger partial charge in [-0.3, -0.25) is 9.59 Å². The highest BCUT2D eigenvalue weighted by Crippen LogP contribution is 2.40. The molecular formula is C23H40O4. The third-order valence-corrected chi connectivity index (χ3v) is 6.04. The van der Waals surface area contributed by atoms with Crippen molar-refractivity contribution in [3.8, 4) is 0 Å². The number of hydrogen-bond donors (Lipinski definition) is 0. The quantitative estimate of drug-likeness (QED) is 0.254. The molecule has 0 amide bonds. The van der Waals surface area contributed by atoms with E-state index in [1.54, 1.807) is 0 Å². The van der Waals surface area contributed by atoms with Crippen molar-refractivity contribution in [2.45, 2.75) is 98.3 Å². The van der Waals surface area contributed by atoms with Gasteiger partial charge in [0.1, 0.15) is 12.1 Å². The molecule has 1 fully saturated rings. The molecular weight excluding hydrogens is 340 g/mol. The van der Waals surface area contributed by atoms with Crippen LogP contribution >= 0.6 is 0 Å². The number of carbonyl (C=O) groups is 3. The molecule has 0 radical (unpaired) electrons. The van der Waals surface area contributed by atoms with E-state index in [4.69, 9.17) is 4.74 Å². The second kappa shape index (κ2) is 12.3. The van der Waals surface area contributed by atoms with Crippen molar-refractivity contribution in [2.24, 2.45) is 23.2 Å². The lowest BCUT2D eigenvalue weighted by Gasteiger charge is -2.37. The number of ether oxygens (including phenoxy) is 1. The molecule has 1 aliphatic carbocycles. The smallest absolute Gasteiger partial charge is 0.302 e. The fourth-order valence-corrected chi connectivity index (χ4v) is 4.17. The lowest BCUT2D eigenvalue weighted by Crippen LogP contribution is -2.33. The molecule has 0 aliphatic heterocycles. The minimum Gasteiger partial charge on any atom is -0.466 e. The van der Waals surface area contributed by atoms with E-state index in [-0.39, 0.29) is 23.2 Å². The first-order chi connectivity index (χ1) is 12.7. The lowest BCUT2D eigenvalue weighted by molar-refractivity contribution is -0.141. The van der Waals surface area contributed by atoms with E-state index in [1.807, 2.05) is 0 Å². The van der Waals surface area contributed by atoms with Crippen LogP contribution in [0, 0.1) is 23.2 Å². The van der Waals surface area contributed by atoms with Gasteiger partial charge in [-0.05, 0) is 43.4 Å². The summed E-state index contributed by atoms with van der Waals surface area (Å²) in [5.41, 5.74) is 0.241. The van der Waals surface area contributed by atoms with E-state index in [0.717, 1.165) is 70.5 Å². The predicted molar refractivity (Wildman–Crippen MR) is 108 cm³/mol. The molecule has 0 N–H and O–H groups in total. The van der Waals surface area contributed by atoms with Crippen molar-refractivity contribution >= 4 is 18.0 Å². The van der Waals surface area contributed by atoms with Crippen LogP contribution in [0.4, 0.5) is 0 Å². The number of Topliss-reactive ketones (excluding diaryl/α,β-unsaturated/α-hetero) is 1. The summed E-state index contributed by atoms with van der Waals surface area (Å²) in [7, 11) is 0. The normalized spacial score (nSPS) is 21.7. The monoisotopic (exact) mass is 380 g/mol. The third kappa shape index (κ3) is 10.1. The van der Waals surface area contributed by atoms with Crippen LogP contribution in [0.1, 0.15) is 98.3 Å². The van der Waals surface area contributed by atoms with Gasteiger partial charge in [0.25, 0.3) is 0 Å². The van der Waals surface area contributed by atoms with Crippen molar-refractivity contribution in [3.05, 3.63) is 0 Å². The maximum absolute atomic E-state index is 12.3. The Morgan fingerprint density at radius 3 is 2.37 bits per heavy atom. The topological polar surface area (TPSA) is 60.4 Å². The number of carbonyl (C=O) groups excluding carboxylic acids is 3. The average Bonchev–Trinajstić information content (AvgIpc) is 2.59. The summed E-state index contributed by atoms with van der Waals surface area (Å²) < 4.78 is 4.92. The van der Waals surface area contributed by atoms with E-state index >= 15 is 0 Å². The minimum absolute atomic E-state index is 0.0293. The van der Waals surface area contributed by atoms with E-state index in [1.165, 1.54) is 6.92 Å². The van der Waals surface area contributed by atoms with Crippen LogP contribution in [-0.2, 0) is 19.1 Å². The number of unbranched alkanes of at least 4 members (excludes halogenated alkanes) is 5. The first kappa shape index (κ1) is 23.8. The number of ketones is 1. The molecule has 4 nitrogen and oxygen atoms in total. The maximum atomic E-state index is 12.3. The summed E-state index contributed by atoms with van der Waals surface area (Å²) in [6, 6.07) is 0. The van der Waals surface area contributed by atoms with Crippen LogP contribution < -0.4 is 0 Å². The average molecular weight is 381 g/mol. The highest BCUT2D eigenvalue weighted by molar-refractivity contribution is 5.82. The van der Waals surface area contributed by atoms with E-state index in [0.29, 0.717) is 24.7 Å². The zero-order valence-corrected chi connectivity index (χ0v) is 17.9. The Kier molecular flexibility index (Phi) is 10.9. The van der Waals surface area contributed by atoms with E-state index < -0.39 is 0 Å². The summed E-state index contributed by atoms with van der Waals surface area (Å²) in [5, 5.41) is 0. The van der Waals surface area contributed by atoms with Crippen molar-refractivity contribution < 1.29 is 19.1 Å². The van der Waals surface area contributed by atoms with Gasteiger partial charge < -0.3 is 9.53 Å². The Morgan fingerprint density at radius 2 is 1.78 bits per heavy atom. The number of esters is 1. The molecule has 3 unspecified atom stereocenters. The van der Waals surface area contributed by atoms with Crippen molar-refractivity contribution in [1.82, 2.24) is 0 Å². The van der Waals surface area contributed by atoms with E-state index in [2.05, 4.69) is 20.8 Å². The Bertz CT molecular complexity index is 463. The van der Waals surface area contributed by atoms with Crippen LogP contribution in [0.2, 0.25) is 0 Å². The van der Waals surface area contributed by atoms with Gasteiger partial charge >= 0.3 is 5.97 Å². The minimum atomic E-state index is -0.208. The van der Waals surface area contributed by atoms with Crippen molar-refractivity contribution in [2.75, 3.05) is 6.61 Å². The number of hydrogen-bond acceptors (Lipinski definition) is 4. The molecule has 1 aliphatic rings. The number of aldehydes is 1. The molecule has 0 saturated heterocycles. The lowest BCUT2D eigenvalue weighted by atomic mass is 9.67. The molecule has 4 heteroatoms. The highest BCUT2D eigenvalue weighted by atomic mass is 16.5. The fourth-order valence-electron chi connectivity index (χ4n) is 4.17. The second-order valence-electron chi connectivity index (χ2n) is 9.38. The first-order valence-corrected chi connectivity index (χ1v) is 10.9. The van der Waals surface area contributed by atoms with Crippen molar-refractivity contribution in [1.29, 1.82) is 0 Å². The zero-order chi connectivity index (χ0) is 20.3. The van der Waals surface area contributed by atoms with Gasteiger partial charge in [0, 0.05) is 25.2 Å². The Morgan fingerprint density at radius 1 is 1.15 bits per heavy atom. The molecule has 0 bridgehead atoms. The molecule has 3 atom stereocenters. The molecule has 1 saturated carbocycles. The van der Waals surface area contributed by atoms with Gasteiger partial charge in [-0.25, -0.2) is 0 Å². The first-order valence-electron chi connectivity index (χ1n) is 10.9.